The first kappa shape index (κ1) is 18.2. The zero-order chi connectivity index (χ0) is 16.9. The summed E-state index contributed by atoms with van der Waals surface area (Å²) in [4.78, 5) is 11.3. The molecule has 6 nitrogen and oxygen atoms in total. The number of carbonyl (C=O) groups excluding carboxylic acids is 1. The van der Waals surface area contributed by atoms with Crippen LogP contribution in [-0.2, 0) is 14.8 Å². The van der Waals surface area contributed by atoms with Gasteiger partial charge in [0.05, 0.1) is 17.7 Å². The summed E-state index contributed by atoms with van der Waals surface area (Å²) in [6, 6.07) is 4.38. The number of ether oxygens (including phenoxy) is 1. The van der Waals surface area contributed by atoms with Crippen molar-refractivity contribution in [2.75, 3.05) is 25.5 Å². The summed E-state index contributed by atoms with van der Waals surface area (Å²) in [7, 11) is -2.21. The second-order valence-electron chi connectivity index (χ2n) is 4.93. The molecule has 0 aliphatic heterocycles. The van der Waals surface area contributed by atoms with Gasteiger partial charge < -0.3 is 10.1 Å². The van der Waals surface area contributed by atoms with Crippen LogP contribution >= 0.6 is 0 Å². The van der Waals surface area contributed by atoms with Crippen molar-refractivity contribution < 1.29 is 17.9 Å². The Morgan fingerprint density at radius 1 is 1.36 bits per heavy atom. The zero-order valence-corrected chi connectivity index (χ0v) is 14.2. The number of sulfonamides is 1. The van der Waals surface area contributed by atoms with Crippen LogP contribution in [0.2, 0.25) is 0 Å². The van der Waals surface area contributed by atoms with Crippen molar-refractivity contribution in [3.63, 3.8) is 0 Å². The van der Waals surface area contributed by atoms with Crippen LogP contribution in [0.5, 0.6) is 5.75 Å². The molecule has 0 fully saturated rings. The highest BCUT2D eigenvalue weighted by Crippen LogP contribution is 2.29. The third kappa shape index (κ3) is 4.32. The maximum absolute atomic E-state index is 12.7. The number of likely N-dealkylation sites (N-methyl/N-ethyl adjacent to an activating group) is 1. The van der Waals surface area contributed by atoms with Crippen LogP contribution in [0.1, 0.15) is 20.8 Å². The number of hydrogen-bond acceptors (Lipinski definition) is 4. The van der Waals surface area contributed by atoms with Crippen LogP contribution in [0, 0.1) is 0 Å². The summed E-state index contributed by atoms with van der Waals surface area (Å²) in [6.45, 7) is 9.21. The first-order valence-electron chi connectivity index (χ1n) is 6.82. The molecule has 0 saturated carbocycles. The number of hydrogen-bond donors (Lipinski definition) is 1. The number of anilines is 1. The molecule has 0 unspecified atom stereocenters. The number of nitrogens with zero attached hydrogens (tertiary/aromatic N) is 1. The van der Waals surface area contributed by atoms with Crippen molar-refractivity contribution in [2.24, 2.45) is 0 Å². The Morgan fingerprint density at radius 2 is 2.00 bits per heavy atom. The molecule has 0 aromatic heterocycles. The summed E-state index contributed by atoms with van der Waals surface area (Å²) in [6.07, 6.45) is 0. The summed E-state index contributed by atoms with van der Waals surface area (Å²) >= 11 is 0. The van der Waals surface area contributed by atoms with Gasteiger partial charge in [-0.25, -0.2) is 8.42 Å². The number of nitrogens with one attached hydrogen (secondary N) is 1. The predicted molar refractivity (Wildman–Crippen MR) is 86.5 cm³/mol. The molecule has 1 amide bonds. The van der Waals surface area contributed by atoms with Crippen molar-refractivity contribution in [3.05, 3.63) is 30.4 Å². The van der Waals surface area contributed by atoms with Crippen molar-refractivity contribution in [2.45, 2.75) is 25.7 Å². The maximum Gasteiger partial charge on any atom is 0.243 e. The van der Waals surface area contributed by atoms with Crippen molar-refractivity contribution in [3.8, 4) is 5.75 Å². The molecule has 0 aliphatic carbocycles. The van der Waals surface area contributed by atoms with Crippen LogP contribution < -0.4 is 10.1 Å². The molecule has 0 heterocycles. The van der Waals surface area contributed by atoms with Crippen LogP contribution in [0.15, 0.2) is 35.2 Å². The number of benzene rings is 1. The first-order chi connectivity index (χ1) is 10.2. The van der Waals surface area contributed by atoms with E-state index in [9.17, 15) is 13.2 Å². The average Bonchev–Trinajstić information content (AvgIpc) is 2.43. The van der Waals surface area contributed by atoms with Crippen LogP contribution in [0.25, 0.3) is 0 Å². The van der Waals surface area contributed by atoms with E-state index < -0.39 is 10.0 Å². The van der Waals surface area contributed by atoms with Gasteiger partial charge in [0.25, 0.3) is 0 Å². The fourth-order valence-corrected chi connectivity index (χ4v) is 3.49. The first-order valence-corrected chi connectivity index (χ1v) is 8.26. The Morgan fingerprint density at radius 3 is 2.45 bits per heavy atom. The third-order valence-electron chi connectivity index (χ3n) is 2.92. The smallest absolute Gasteiger partial charge is 0.243 e. The topological polar surface area (TPSA) is 75.7 Å². The van der Waals surface area contributed by atoms with Crippen LogP contribution in [-0.4, -0.2) is 38.8 Å². The highest BCUT2D eigenvalue weighted by atomic mass is 32.2. The number of amides is 1. The Balaban J connectivity index is 3.29. The fourth-order valence-electron chi connectivity index (χ4n) is 1.95. The Kier molecular flexibility index (Phi) is 6.13. The van der Waals surface area contributed by atoms with E-state index in [0.717, 1.165) is 5.57 Å². The molecule has 1 rings (SSSR count). The quantitative estimate of drug-likeness (QED) is 0.780. The van der Waals surface area contributed by atoms with E-state index >= 15 is 0 Å². The lowest BCUT2D eigenvalue weighted by Crippen LogP contribution is -2.32. The lowest BCUT2D eigenvalue weighted by atomic mass is 10.3. The fraction of sp³-hybridized carbons (Fsp3) is 0.400. The second kappa shape index (κ2) is 7.42. The van der Waals surface area contributed by atoms with Gasteiger partial charge in [0, 0.05) is 20.0 Å². The maximum atomic E-state index is 12.7. The zero-order valence-electron chi connectivity index (χ0n) is 13.3. The molecule has 0 radical (unpaired) electrons. The van der Waals surface area contributed by atoms with Gasteiger partial charge in [0.1, 0.15) is 5.75 Å². The largest absolute Gasteiger partial charge is 0.495 e. The summed E-state index contributed by atoms with van der Waals surface area (Å²) in [5, 5.41) is 2.57. The number of methoxy groups -OCH3 is 1. The molecule has 0 spiro atoms. The molecule has 0 saturated heterocycles. The van der Waals surface area contributed by atoms with Crippen molar-refractivity contribution >= 4 is 21.6 Å². The van der Waals surface area contributed by atoms with E-state index in [1.807, 2.05) is 0 Å². The molecule has 0 aliphatic rings. The highest BCUT2D eigenvalue weighted by Gasteiger charge is 2.24. The van der Waals surface area contributed by atoms with Gasteiger partial charge in [0.15, 0.2) is 0 Å². The van der Waals surface area contributed by atoms with E-state index in [4.69, 9.17) is 4.74 Å². The molecule has 122 valence electrons. The third-order valence-corrected chi connectivity index (χ3v) is 4.84. The second-order valence-corrected chi connectivity index (χ2v) is 6.87. The number of carbonyl (C=O) groups is 1. The average molecular weight is 326 g/mol. The van der Waals surface area contributed by atoms with Gasteiger partial charge in [-0.1, -0.05) is 19.1 Å². The SMILES string of the molecule is C=C(C)CN(CC)S(=O)(=O)c1ccc(OC)c(NC(C)=O)c1. The summed E-state index contributed by atoms with van der Waals surface area (Å²) in [5.41, 5.74) is 1.07. The molecule has 1 aromatic rings. The Bertz CT molecular complexity index is 668. The van der Waals surface area contributed by atoms with Crippen molar-refractivity contribution in [1.29, 1.82) is 0 Å². The minimum atomic E-state index is -3.66. The molecule has 1 N–H and O–H groups in total. The molecule has 1 aromatic carbocycles. The summed E-state index contributed by atoms with van der Waals surface area (Å²) < 4.78 is 31.8. The van der Waals surface area contributed by atoms with Crippen LogP contribution in [0.3, 0.4) is 0 Å². The van der Waals surface area contributed by atoms with Gasteiger partial charge in [-0.2, -0.15) is 4.31 Å². The molecule has 22 heavy (non-hydrogen) atoms. The normalized spacial score (nSPS) is 11.3. The van der Waals surface area contributed by atoms with Crippen molar-refractivity contribution in [1.82, 2.24) is 4.31 Å². The predicted octanol–water partition coefficient (Wildman–Crippen LogP) is 2.24. The van der Waals surface area contributed by atoms with Gasteiger partial charge >= 0.3 is 0 Å². The van der Waals surface area contributed by atoms with Gasteiger partial charge in [-0.3, -0.25) is 4.79 Å². The van der Waals surface area contributed by atoms with E-state index in [2.05, 4.69) is 11.9 Å². The molecule has 7 heteroatoms. The number of rotatable bonds is 7. The monoisotopic (exact) mass is 326 g/mol. The van der Waals surface area contributed by atoms with Gasteiger partial charge in [0.2, 0.25) is 15.9 Å². The van der Waals surface area contributed by atoms with Crippen LogP contribution in [0.4, 0.5) is 5.69 Å². The molecule has 0 bridgehead atoms. The lowest BCUT2D eigenvalue weighted by Gasteiger charge is -2.21. The Hall–Kier alpha value is -1.86. The minimum absolute atomic E-state index is 0.0974. The van der Waals surface area contributed by atoms with E-state index in [-0.39, 0.29) is 17.3 Å². The molecular formula is C15H22N2O4S. The van der Waals surface area contributed by atoms with E-state index in [0.29, 0.717) is 18.0 Å². The highest BCUT2D eigenvalue weighted by molar-refractivity contribution is 7.89. The van der Waals surface area contributed by atoms with E-state index in [1.165, 1.54) is 36.5 Å². The molecular weight excluding hydrogens is 304 g/mol. The van der Waals surface area contributed by atoms with Gasteiger partial charge in [-0.05, 0) is 25.1 Å². The standard InChI is InChI=1S/C15H22N2O4S/c1-6-17(10-11(2)3)22(19,20)13-7-8-15(21-5)14(9-13)16-12(4)18/h7-9H,2,6,10H2,1,3-5H3,(H,16,18). The minimum Gasteiger partial charge on any atom is -0.495 e. The van der Waals surface area contributed by atoms with E-state index in [1.54, 1.807) is 13.8 Å². The summed E-state index contributed by atoms with van der Waals surface area (Å²) in [5.74, 6) is 0.0965. The van der Waals surface area contributed by atoms with Gasteiger partial charge in [-0.15, -0.1) is 0 Å². The lowest BCUT2D eigenvalue weighted by molar-refractivity contribution is -0.114. The Labute approximate surface area is 131 Å². The molecule has 0 atom stereocenters.